The van der Waals surface area contributed by atoms with E-state index < -0.39 is 0 Å². The van der Waals surface area contributed by atoms with Crippen LogP contribution in [0.4, 0.5) is 0 Å². The number of hydrogen-bond acceptors (Lipinski definition) is 5. The van der Waals surface area contributed by atoms with Crippen molar-refractivity contribution >= 4 is 0 Å². The molecule has 0 amide bonds. The summed E-state index contributed by atoms with van der Waals surface area (Å²) < 4.78 is 5.63. The molecule has 1 atom stereocenters. The van der Waals surface area contributed by atoms with Crippen LogP contribution in [-0.2, 0) is 6.54 Å². The largest absolute Gasteiger partial charge is 0.444 e. The van der Waals surface area contributed by atoms with E-state index in [2.05, 4.69) is 27.8 Å². The maximum Gasteiger partial charge on any atom is 0.208 e. The van der Waals surface area contributed by atoms with Crippen molar-refractivity contribution in [3.8, 4) is 6.07 Å². The summed E-state index contributed by atoms with van der Waals surface area (Å²) in [5.74, 6) is 1.71. The summed E-state index contributed by atoms with van der Waals surface area (Å²) >= 11 is 0. The number of aryl methyl sites for hydroxylation is 2. The van der Waals surface area contributed by atoms with E-state index in [1.807, 2.05) is 13.8 Å². The van der Waals surface area contributed by atoms with Gasteiger partial charge in [-0.15, -0.1) is 0 Å². The Balaban J connectivity index is 1.83. The number of rotatable bonds is 5. The van der Waals surface area contributed by atoms with Gasteiger partial charge in [0, 0.05) is 26.2 Å². The first-order chi connectivity index (χ1) is 9.63. The molecule has 0 spiro atoms. The molecule has 110 valence electrons. The van der Waals surface area contributed by atoms with Crippen molar-refractivity contribution in [3.63, 3.8) is 0 Å². The highest BCUT2D eigenvalue weighted by Gasteiger charge is 2.23. The third-order valence-corrected chi connectivity index (χ3v) is 3.99. The second kappa shape index (κ2) is 6.87. The van der Waals surface area contributed by atoms with Crippen LogP contribution in [0.3, 0.4) is 0 Å². The summed E-state index contributed by atoms with van der Waals surface area (Å²) in [5.41, 5.74) is 0.978. The molecule has 1 aliphatic rings. The highest BCUT2D eigenvalue weighted by Crippen LogP contribution is 2.14. The van der Waals surface area contributed by atoms with Gasteiger partial charge in [-0.3, -0.25) is 9.80 Å². The van der Waals surface area contributed by atoms with Crippen molar-refractivity contribution in [2.45, 2.75) is 46.2 Å². The molecule has 1 aromatic rings. The molecule has 1 fully saturated rings. The molecule has 20 heavy (non-hydrogen) atoms. The van der Waals surface area contributed by atoms with Crippen molar-refractivity contribution < 1.29 is 4.42 Å². The van der Waals surface area contributed by atoms with Crippen molar-refractivity contribution in [2.75, 3.05) is 26.2 Å². The van der Waals surface area contributed by atoms with E-state index in [-0.39, 0.29) is 6.04 Å². The van der Waals surface area contributed by atoms with Gasteiger partial charge in [-0.25, -0.2) is 4.98 Å². The van der Waals surface area contributed by atoms with E-state index in [4.69, 9.17) is 4.42 Å². The van der Waals surface area contributed by atoms with Crippen molar-refractivity contribution in [1.82, 2.24) is 14.8 Å². The maximum absolute atomic E-state index is 9.21. The minimum Gasteiger partial charge on any atom is -0.444 e. The molecule has 0 aromatic carbocycles. The molecular formula is C15H24N4O. The molecule has 1 saturated heterocycles. The van der Waals surface area contributed by atoms with Gasteiger partial charge in [-0.2, -0.15) is 5.26 Å². The number of oxazole rings is 1. The summed E-state index contributed by atoms with van der Waals surface area (Å²) in [6.45, 7) is 10.7. The Morgan fingerprint density at radius 3 is 2.50 bits per heavy atom. The van der Waals surface area contributed by atoms with Gasteiger partial charge in [0.2, 0.25) is 5.89 Å². The first-order valence-corrected chi connectivity index (χ1v) is 7.43. The molecule has 0 bridgehead atoms. The van der Waals surface area contributed by atoms with Crippen LogP contribution in [0, 0.1) is 25.2 Å². The van der Waals surface area contributed by atoms with Crippen LogP contribution in [-0.4, -0.2) is 47.0 Å². The van der Waals surface area contributed by atoms with E-state index in [1.165, 1.54) is 0 Å². The molecule has 1 aromatic heterocycles. The highest BCUT2D eigenvalue weighted by atomic mass is 16.4. The zero-order valence-electron chi connectivity index (χ0n) is 12.7. The highest BCUT2D eigenvalue weighted by molar-refractivity contribution is 5.05. The second-order valence-electron chi connectivity index (χ2n) is 5.49. The first-order valence-electron chi connectivity index (χ1n) is 7.43. The lowest BCUT2D eigenvalue weighted by Gasteiger charge is -2.36. The number of hydrogen-bond donors (Lipinski definition) is 0. The molecule has 2 heterocycles. The third kappa shape index (κ3) is 3.59. The SMILES string of the molecule is CCCC(C#N)N1CCN(Cc2nc(C)c(C)o2)CC1. The predicted molar refractivity (Wildman–Crippen MR) is 77.1 cm³/mol. The monoisotopic (exact) mass is 276 g/mol. The summed E-state index contributed by atoms with van der Waals surface area (Å²) in [6, 6.07) is 2.50. The molecule has 5 nitrogen and oxygen atoms in total. The Kier molecular flexibility index (Phi) is 5.16. The van der Waals surface area contributed by atoms with E-state index in [0.29, 0.717) is 0 Å². The van der Waals surface area contributed by atoms with Crippen molar-refractivity contribution in [3.05, 3.63) is 17.3 Å². The summed E-state index contributed by atoms with van der Waals surface area (Å²) in [4.78, 5) is 9.08. The zero-order chi connectivity index (χ0) is 14.5. The molecular weight excluding hydrogens is 252 g/mol. The van der Waals surface area contributed by atoms with Gasteiger partial charge < -0.3 is 4.42 Å². The average Bonchev–Trinajstić information content (AvgIpc) is 2.76. The lowest BCUT2D eigenvalue weighted by Crippen LogP contribution is -2.49. The van der Waals surface area contributed by atoms with Gasteiger partial charge >= 0.3 is 0 Å². The number of piperazine rings is 1. The van der Waals surface area contributed by atoms with Crippen LogP contribution < -0.4 is 0 Å². The van der Waals surface area contributed by atoms with E-state index in [1.54, 1.807) is 0 Å². The lowest BCUT2D eigenvalue weighted by atomic mass is 10.1. The normalized spacial score (nSPS) is 18.9. The van der Waals surface area contributed by atoms with Crippen LogP contribution in [0.1, 0.15) is 37.1 Å². The van der Waals surface area contributed by atoms with Gasteiger partial charge in [0.15, 0.2) is 0 Å². The van der Waals surface area contributed by atoms with E-state index >= 15 is 0 Å². The van der Waals surface area contributed by atoms with Crippen LogP contribution in [0.15, 0.2) is 4.42 Å². The quantitative estimate of drug-likeness (QED) is 0.824. The summed E-state index contributed by atoms with van der Waals surface area (Å²) in [7, 11) is 0. The number of nitrogens with zero attached hydrogens (tertiary/aromatic N) is 4. The van der Waals surface area contributed by atoms with Crippen molar-refractivity contribution in [1.29, 1.82) is 5.26 Å². The molecule has 0 N–H and O–H groups in total. The fourth-order valence-corrected chi connectivity index (χ4v) is 2.63. The summed E-state index contributed by atoms with van der Waals surface area (Å²) in [6.07, 6.45) is 2.03. The van der Waals surface area contributed by atoms with Crippen molar-refractivity contribution in [2.24, 2.45) is 0 Å². The Labute approximate surface area is 121 Å². The Morgan fingerprint density at radius 2 is 2.00 bits per heavy atom. The van der Waals surface area contributed by atoms with Gasteiger partial charge in [-0.05, 0) is 20.3 Å². The molecule has 0 saturated carbocycles. The van der Waals surface area contributed by atoms with Gasteiger partial charge in [-0.1, -0.05) is 13.3 Å². The molecule has 1 unspecified atom stereocenters. The second-order valence-corrected chi connectivity index (χ2v) is 5.49. The predicted octanol–water partition coefficient (Wildman–Crippen LogP) is 2.10. The van der Waals surface area contributed by atoms with Gasteiger partial charge in [0.1, 0.15) is 5.76 Å². The first kappa shape index (κ1) is 15.0. The zero-order valence-corrected chi connectivity index (χ0v) is 12.7. The average molecular weight is 276 g/mol. The Bertz CT molecular complexity index is 449. The maximum atomic E-state index is 9.21. The van der Waals surface area contributed by atoms with Gasteiger partial charge in [0.05, 0.1) is 24.3 Å². The molecule has 1 aliphatic heterocycles. The number of nitriles is 1. The lowest BCUT2D eigenvalue weighted by molar-refractivity contribution is 0.0996. The minimum absolute atomic E-state index is 0.0772. The molecule has 0 radical (unpaired) electrons. The van der Waals surface area contributed by atoms with E-state index in [9.17, 15) is 5.26 Å². The fraction of sp³-hybridized carbons (Fsp3) is 0.733. The minimum atomic E-state index is 0.0772. The molecule has 0 aliphatic carbocycles. The smallest absolute Gasteiger partial charge is 0.208 e. The number of aromatic nitrogens is 1. The van der Waals surface area contributed by atoms with E-state index in [0.717, 1.165) is 62.9 Å². The summed E-state index contributed by atoms with van der Waals surface area (Å²) in [5, 5.41) is 9.21. The third-order valence-electron chi connectivity index (χ3n) is 3.99. The fourth-order valence-electron chi connectivity index (χ4n) is 2.63. The Morgan fingerprint density at radius 1 is 1.30 bits per heavy atom. The molecule has 2 rings (SSSR count). The van der Waals surface area contributed by atoms with Crippen LogP contribution >= 0.6 is 0 Å². The molecule has 5 heteroatoms. The Hall–Kier alpha value is -1.38. The van der Waals surface area contributed by atoms with Gasteiger partial charge in [0.25, 0.3) is 0 Å². The van der Waals surface area contributed by atoms with Crippen LogP contribution in [0.2, 0.25) is 0 Å². The topological polar surface area (TPSA) is 56.3 Å². The van der Waals surface area contributed by atoms with Crippen LogP contribution in [0.25, 0.3) is 0 Å². The standard InChI is InChI=1S/C15H24N4O/c1-4-5-14(10-16)19-8-6-18(7-9-19)11-15-17-12(2)13(3)20-15/h14H,4-9,11H2,1-3H3. The van der Waals surface area contributed by atoms with Crippen LogP contribution in [0.5, 0.6) is 0 Å².